The van der Waals surface area contributed by atoms with Crippen molar-refractivity contribution < 1.29 is 14.7 Å². The summed E-state index contributed by atoms with van der Waals surface area (Å²) in [5.74, 6) is -1.32. The number of hydrogen-bond donors (Lipinski definition) is 1. The molecule has 138 valence electrons. The van der Waals surface area contributed by atoms with Crippen molar-refractivity contribution >= 4 is 23.2 Å². The summed E-state index contributed by atoms with van der Waals surface area (Å²) in [6.07, 6.45) is 4.70. The van der Waals surface area contributed by atoms with Gasteiger partial charge in [-0.05, 0) is 31.9 Å². The maximum atomic E-state index is 12.8. The van der Waals surface area contributed by atoms with Crippen molar-refractivity contribution in [2.24, 2.45) is 0 Å². The number of carbonyl (C=O) groups excluding carboxylic acids is 1. The first-order valence-electron chi connectivity index (χ1n) is 8.60. The van der Waals surface area contributed by atoms with E-state index in [9.17, 15) is 14.7 Å². The SMILES string of the molecule is CC1(C(=O)O)CCCN1C(=O)c1csc(-c2cnn(-c3ccccc3)c2)n1. The quantitative estimate of drug-likeness (QED) is 0.749. The van der Waals surface area contributed by atoms with Crippen LogP contribution in [0.3, 0.4) is 0 Å². The lowest BCUT2D eigenvalue weighted by Gasteiger charge is -2.30. The fourth-order valence-electron chi connectivity index (χ4n) is 3.31. The average Bonchev–Trinajstić information content (AvgIpc) is 3.41. The summed E-state index contributed by atoms with van der Waals surface area (Å²) in [7, 11) is 0. The summed E-state index contributed by atoms with van der Waals surface area (Å²) in [4.78, 5) is 30.3. The molecule has 2 aromatic heterocycles. The maximum absolute atomic E-state index is 12.8. The molecule has 0 bridgehead atoms. The van der Waals surface area contributed by atoms with Gasteiger partial charge in [0.05, 0.1) is 11.9 Å². The van der Waals surface area contributed by atoms with Crippen molar-refractivity contribution in [3.05, 3.63) is 53.8 Å². The summed E-state index contributed by atoms with van der Waals surface area (Å²) < 4.78 is 1.75. The van der Waals surface area contributed by atoms with Gasteiger partial charge in [-0.2, -0.15) is 5.10 Å². The number of aliphatic carboxylic acids is 1. The molecule has 1 aromatic carbocycles. The number of likely N-dealkylation sites (tertiary alicyclic amines) is 1. The molecule has 27 heavy (non-hydrogen) atoms. The summed E-state index contributed by atoms with van der Waals surface area (Å²) >= 11 is 1.35. The smallest absolute Gasteiger partial charge is 0.329 e. The summed E-state index contributed by atoms with van der Waals surface area (Å²) in [6.45, 7) is 2.03. The van der Waals surface area contributed by atoms with E-state index in [0.29, 0.717) is 24.4 Å². The van der Waals surface area contributed by atoms with Crippen LogP contribution in [0, 0.1) is 0 Å². The third kappa shape index (κ3) is 3.02. The number of hydrogen-bond acceptors (Lipinski definition) is 5. The number of carbonyl (C=O) groups is 2. The van der Waals surface area contributed by atoms with E-state index in [1.54, 1.807) is 23.2 Å². The molecule has 0 radical (unpaired) electrons. The Morgan fingerprint density at radius 2 is 2.04 bits per heavy atom. The van der Waals surface area contributed by atoms with Crippen LogP contribution in [0.1, 0.15) is 30.3 Å². The van der Waals surface area contributed by atoms with Crippen molar-refractivity contribution in [1.82, 2.24) is 19.7 Å². The Labute approximate surface area is 159 Å². The van der Waals surface area contributed by atoms with Gasteiger partial charge in [0.25, 0.3) is 5.91 Å². The third-order valence-corrected chi connectivity index (χ3v) is 5.81. The van der Waals surface area contributed by atoms with Gasteiger partial charge in [-0.25, -0.2) is 14.5 Å². The molecular weight excluding hydrogens is 364 g/mol. The van der Waals surface area contributed by atoms with Crippen LogP contribution in [0.25, 0.3) is 16.3 Å². The molecule has 1 N–H and O–H groups in total. The largest absolute Gasteiger partial charge is 0.480 e. The number of carboxylic acid groups (broad SMARTS) is 1. The Hall–Kier alpha value is -3.00. The molecule has 1 atom stereocenters. The van der Waals surface area contributed by atoms with Gasteiger partial charge in [0.2, 0.25) is 0 Å². The Balaban J connectivity index is 1.58. The van der Waals surface area contributed by atoms with Gasteiger partial charge in [0.15, 0.2) is 0 Å². The first-order valence-corrected chi connectivity index (χ1v) is 9.48. The molecular formula is C19H18N4O3S. The molecule has 0 aliphatic carbocycles. The van der Waals surface area contributed by atoms with E-state index in [1.165, 1.54) is 16.2 Å². The van der Waals surface area contributed by atoms with Gasteiger partial charge in [-0.15, -0.1) is 11.3 Å². The molecule has 1 aliphatic rings. The minimum Gasteiger partial charge on any atom is -0.480 e. The Morgan fingerprint density at radius 1 is 1.26 bits per heavy atom. The van der Waals surface area contributed by atoms with E-state index in [0.717, 1.165) is 11.3 Å². The zero-order valence-electron chi connectivity index (χ0n) is 14.7. The monoisotopic (exact) mass is 382 g/mol. The van der Waals surface area contributed by atoms with Gasteiger partial charge in [0, 0.05) is 23.7 Å². The van der Waals surface area contributed by atoms with Crippen LogP contribution in [0.15, 0.2) is 48.1 Å². The highest BCUT2D eigenvalue weighted by atomic mass is 32.1. The molecule has 4 rings (SSSR count). The highest BCUT2D eigenvalue weighted by Crippen LogP contribution is 2.32. The summed E-state index contributed by atoms with van der Waals surface area (Å²) in [5.41, 5.74) is 0.854. The van der Waals surface area contributed by atoms with Crippen molar-refractivity contribution in [1.29, 1.82) is 0 Å². The van der Waals surface area contributed by atoms with Crippen LogP contribution in [-0.2, 0) is 4.79 Å². The normalized spacial score (nSPS) is 19.4. The number of nitrogens with zero attached hydrogens (tertiary/aromatic N) is 4. The van der Waals surface area contributed by atoms with E-state index in [2.05, 4.69) is 10.1 Å². The number of aromatic nitrogens is 3. The maximum Gasteiger partial charge on any atom is 0.329 e. The molecule has 3 heterocycles. The lowest BCUT2D eigenvalue weighted by Crippen LogP contribution is -2.50. The van der Waals surface area contributed by atoms with Crippen molar-refractivity contribution in [2.75, 3.05) is 6.54 Å². The zero-order valence-corrected chi connectivity index (χ0v) is 15.5. The standard InChI is InChI=1S/C19H18N4O3S/c1-19(18(25)26)8-5-9-22(19)17(24)15-12-27-16(21-15)13-10-20-23(11-13)14-6-3-2-4-7-14/h2-4,6-7,10-12H,5,8-9H2,1H3,(H,25,26). The van der Waals surface area contributed by atoms with E-state index in [-0.39, 0.29) is 11.6 Å². The lowest BCUT2D eigenvalue weighted by molar-refractivity contribution is -0.147. The predicted octanol–water partition coefficient (Wildman–Crippen LogP) is 3.08. The molecule has 1 amide bonds. The van der Waals surface area contributed by atoms with Crippen molar-refractivity contribution in [2.45, 2.75) is 25.3 Å². The Bertz CT molecular complexity index is 997. The van der Waals surface area contributed by atoms with Crippen LogP contribution in [0.5, 0.6) is 0 Å². The van der Waals surface area contributed by atoms with Gasteiger partial charge < -0.3 is 10.0 Å². The van der Waals surface area contributed by atoms with E-state index in [1.807, 2.05) is 36.5 Å². The molecule has 0 spiro atoms. The first-order chi connectivity index (χ1) is 13.0. The number of amides is 1. The average molecular weight is 382 g/mol. The van der Waals surface area contributed by atoms with Crippen LogP contribution in [-0.4, -0.2) is 48.7 Å². The fraction of sp³-hybridized carbons (Fsp3) is 0.263. The van der Waals surface area contributed by atoms with Crippen LogP contribution in [0.2, 0.25) is 0 Å². The summed E-state index contributed by atoms with van der Waals surface area (Å²) in [6, 6.07) is 9.72. The number of thiazole rings is 1. The molecule has 3 aromatic rings. The second-order valence-corrected chi connectivity index (χ2v) is 7.54. The Kier molecular flexibility index (Phi) is 4.27. The van der Waals surface area contributed by atoms with Gasteiger partial charge >= 0.3 is 5.97 Å². The minimum atomic E-state index is -1.17. The molecule has 1 saturated heterocycles. The molecule has 1 unspecified atom stereocenters. The van der Waals surface area contributed by atoms with E-state index >= 15 is 0 Å². The van der Waals surface area contributed by atoms with E-state index < -0.39 is 11.5 Å². The minimum absolute atomic E-state index is 0.275. The predicted molar refractivity (Wildman–Crippen MR) is 101 cm³/mol. The molecule has 8 heteroatoms. The number of benzene rings is 1. The topological polar surface area (TPSA) is 88.3 Å². The van der Waals surface area contributed by atoms with Gasteiger partial charge in [-0.3, -0.25) is 4.79 Å². The van der Waals surface area contributed by atoms with Crippen LogP contribution < -0.4 is 0 Å². The summed E-state index contributed by atoms with van der Waals surface area (Å²) in [5, 5.41) is 16.2. The molecule has 1 aliphatic heterocycles. The second-order valence-electron chi connectivity index (χ2n) is 6.69. The molecule has 0 saturated carbocycles. The third-order valence-electron chi connectivity index (χ3n) is 4.92. The molecule has 7 nitrogen and oxygen atoms in total. The fourth-order valence-corrected chi connectivity index (χ4v) is 4.08. The van der Waals surface area contributed by atoms with Crippen molar-refractivity contribution in [3.8, 4) is 16.3 Å². The zero-order chi connectivity index (χ0) is 19.0. The Morgan fingerprint density at radius 3 is 2.78 bits per heavy atom. The first kappa shape index (κ1) is 17.4. The van der Waals surface area contributed by atoms with Gasteiger partial charge in [-0.1, -0.05) is 18.2 Å². The number of para-hydroxylation sites is 1. The van der Waals surface area contributed by atoms with Crippen LogP contribution in [0.4, 0.5) is 0 Å². The number of rotatable bonds is 4. The molecule has 1 fully saturated rings. The second kappa shape index (κ2) is 6.62. The van der Waals surface area contributed by atoms with Crippen molar-refractivity contribution in [3.63, 3.8) is 0 Å². The van der Waals surface area contributed by atoms with E-state index in [4.69, 9.17) is 0 Å². The van der Waals surface area contributed by atoms with Gasteiger partial charge in [0.1, 0.15) is 16.2 Å². The lowest BCUT2D eigenvalue weighted by atomic mass is 9.99. The number of carboxylic acids is 1. The highest BCUT2D eigenvalue weighted by Gasteiger charge is 2.46. The highest BCUT2D eigenvalue weighted by molar-refractivity contribution is 7.13. The van der Waals surface area contributed by atoms with Crippen LogP contribution >= 0.6 is 11.3 Å².